The number of rotatable bonds is 3. The van der Waals surface area contributed by atoms with Crippen LogP contribution in [-0.2, 0) is 17.1 Å². The fourth-order valence-electron chi connectivity index (χ4n) is 1.50. The molecule has 0 amide bonds. The maximum Gasteiger partial charge on any atom is 0.414 e. The van der Waals surface area contributed by atoms with Crippen molar-refractivity contribution in [3.8, 4) is 6.07 Å². The summed E-state index contributed by atoms with van der Waals surface area (Å²) < 4.78 is 89.5. The third-order valence-electron chi connectivity index (χ3n) is 2.57. The van der Waals surface area contributed by atoms with Crippen LogP contribution < -0.4 is 0 Å². The molecule has 22 heavy (non-hydrogen) atoms. The largest absolute Gasteiger partial charge is 0.414 e. The summed E-state index contributed by atoms with van der Waals surface area (Å²) in [4.78, 5) is 0. The molecule has 0 aliphatic carbocycles. The van der Waals surface area contributed by atoms with Crippen molar-refractivity contribution in [1.82, 2.24) is 0 Å². The van der Waals surface area contributed by atoms with Gasteiger partial charge in [0, 0.05) is 23.5 Å². The van der Waals surface area contributed by atoms with E-state index in [0.29, 0.717) is 0 Å². The Morgan fingerprint density at radius 2 is 1.36 bits per heavy atom. The van der Waals surface area contributed by atoms with Crippen LogP contribution in [0, 0.1) is 34.6 Å². The van der Waals surface area contributed by atoms with Crippen LogP contribution in [0.1, 0.15) is 23.7 Å². The van der Waals surface area contributed by atoms with Gasteiger partial charge in [-0.1, -0.05) is 0 Å². The number of nitrogens with zero attached hydrogens (tertiary/aromatic N) is 1. The molecule has 1 radical (unpaired) electrons. The monoisotopic (exact) mass is 380 g/mol. The standard InChI is InChI=1S/C11H6F7NO2.Cu/c12-7-3(2-19)8(13)10(15)6(9(7)14)4(20)1-5(21)11(16,17)18;/h4-5,20-21H,1H2;. The summed E-state index contributed by atoms with van der Waals surface area (Å²) in [6.45, 7) is 0. The number of hydrogen-bond donors (Lipinski definition) is 2. The normalized spacial score (nSPS) is 14.0. The second-order valence-electron chi connectivity index (χ2n) is 3.97. The van der Waals surface area contributed by atoms with E-state index in [4.69, 9.17) is 10.4 Å². The zero-order chi connectivity index (χ0) is 16.5. The van der Waals surface area contributed by atoms with Crippen LogP contribution in [0.15, 0.2) is 0 Å². The predicted octanol–water partition coefficient (Wildman–Crippen LogP) is 2.46. The van der Waals surface area contributed by atoms with Crippen LogP contribution >= 0.6 is 0 Å². The summed E-state index contributed by atoms with van der Waals surface area (Å²) in [5, 5.41) is 26.3. The van der Waals surface area contributed by atoms with Crippen LogP contribution in [0.25, 0.3) is 0 Å². The minimum Gasteiger partial charge on any atom is -0.388 e. The van der Waals surface area contributed by atoms with Gasteiger partial charge in [0.2, 0.25) is 0 Å². The SMILES string of the molecule is N#Cc1c(F)c(F)c(C(O)CC(O)C(F)(F)F)c(F)c1F.[Cu]. The first kappa shape index (κ1) is 20.7. The number of aliphatic hydroxyl groups excluding tert-OH is 2. The average molecular weight is 381 g/mol. The van der Waals surface area contributed by atoms with Crippen molar-refractivity contribution >= 4 is 0 Å². The van der Waals surface area contributed by atoms with Crippen LogP contribution in [0.3, 0.4) is 0 Å². The van der Waals surface area contributed by atoms with Crippen molar-refractivity contribution in [3.05, 3.63) is 34.4 Å². The molecular weight excluding hydrogens is 375 g/mol. The molecule has 2 atom stereocenters. The van der Waals surface area contributed by atoms with E-state index in [2.05, 4.69) is 0 Å². The van der Waals surface area contributed by atoms with E-state index in [9.17, 15) is 35.8 Å². The summed E-state index contributed by atoms with van der Waals surface area (Å²) in [5.74, 6) is -8.70. The van der Waals surface area contributed by atoms with Crippen LogP contribution in [0.2, 0.25) is 0 Å². The van der Waals surface area contributed by atoms with E-state index in [1.54, 1.807) is 0 Å². The van der Waals surface area contributed by atoms with Crippen molar-refractivity contribution in [2.75, 3.05) is 0 Å². The van der Waals surface area contributed by atoms with E-state index in [0.717, 1.165) is 6.07 Å². The zero-order valence-electron chi connectivity index (χ0n) is 10.2. The number of nitriles is 1. The fraction of sp³-hybridized carbons (Fsp3) is 0.364. The molecule has 2 unspecified atom stereocenters. The van der Waals surface area contributed by atoms with Gasteiger partial charge < -0.3 is 10.2 Å². The third-order valence-corrected chi connectivity index (χ3v) is 2.57. The first-order valence-electron chi connectivity index (χ1n) is 5.21. The second kappa shape index (κ2) is 7.28. The molecule has 2 N–H and O–H groups in total. The van der Waals surface area contributed by atoms with Gasteiger partial charge in [0.1, 0.15) is 11.6 Å². The van der Waals surface area contributed by atoms with Crippen molar-refractivity contribution in [2.24, 2.45) is 0 Å². The number of hydrogen-bond acceptors (Lipinski definition) is 3. The van der Waals surface area contributed by atoms with E-state index >= 15 is 0 Å². The van der Waals surface area contributed by atoms with E-state index < -0.39 is 59.2 Å². The van der Waals surface area contributed by atoms with Gasteiger partial charge >= 0.3 is 6.18 Å². The van der Waals surface area contributed by atoms with Gasteiger partial charge in [0.25, 0.3) is 0 Å². The maximum absolute atomic E-state index is 13.4. The van der Waals surface area contributed by atoms with E-state index in [1.165, 1.54) is 0 Å². The molecule has 0 saturated heterocycles. The van der Waals surface area contributed by atoms with Gasteiger partial charge in [0.15, 0.2) is 29.4 Å². The molecule has 0 saturated carbocycles. The molecule has 0 bridgehead atoms. The molecule has 1 rings (SSSR count). The third kappa shape index (κ3) is 3.89. The Bertz CT molecular complexity index is 571. The molecular formula is C11H6CuF7NO2. The Balaban J connectivity index is 0.00000441. The number of alkyl halides is 3. The Kier molecular flexibility index (Phi) is 6.84. The Morgan fingerprint density at radius 1 is 0.955 bits per heavy atom. The topological polar surface area (TPSA) is 64.2 Å². The Hall–Kier alpha value is -1.34. The summed E-state index contributed by atoms with van der Waals surface area (Å²) in [5.41, 5.74) is -3.34. The molecule has 0 spiro atoms. The summed E-state index contributed by atoms with van der Waals surface area (Å²) >= 11 is 0. The summed E-state index contributed by atoms with van der Waals surface area (Å²) in [6, 6.07) is 0.835. The Labute approximate surface area is 129 Å². The maximum atomic E-state index is 13.4. The first-order chi connectivity index (χ1) is 9.52. The minimum absolute atomic E-state index is 0. The van der Waals surface area contributed by atoms with Gasteiger partial charge in [-0.05, 0) is 0 Å². The smallest absolute Gasteiger partial charge is 0.388 e. The Morgan fingerprint density at radius 3 is 1.68 bits per heavy atom. The number of benzene rings is 1. The van der Waals surface area contributed by atoms with Gasteiger partial charge in [-0.2, -0.15) is 18.4 Å². The predicted molar refractivity (Wildman–Crippen MR) is 52.6 cm³/mol. The molecule has 0 fully saturated rings. The van der Waals surface area contributed by atoms with Crippen molar-refractivity contribution in [2.45, 2.75) is 24.8 Å². The number of aliphatic hydroxyl groups is 2. The van der Waals surface area contributed by atoms with E-state index in [-0.39, 0.29) is 17.1 Å². The second-order valence-corrected chi connectivity index (χ2v) is 3.97. The molecule has 1 aromatic carbocycles. The number of halogens is 7. The molecule has 1 aromatic rings. The zero-order valence-corrected chi connectivity index (χ0v) is 11.1. The van der Waals surface area contributed by atoms with Gasteiger partial charge in [0.05, 0.1) is 11.7 Å². The molecule has 0 aliphatic heterocycles. The molecule has 0 aliphatic rings. The first-order valence-corrected chi connectivity index (χ1v) is 5.21. The van der Waals surface area contributed by atoms with Crippen LogP contribution in [0.5, 0.6) is 0 Å². The van der Waals surface area contributed by atoms with Crippen molar-refractivity contribution in [3.63, 3.8) is 0 Å². The molecule has 0 heterocycles. The molecule has 0 aromatic heterocycles. The van der Waals surface area contributed by atoms with Gasteiger partial charge in [-0.3, -0.25) is 0 Å². The quantitative estimate of drug-likeness (QED) is 0.481. The summed E-state index contributed by atoms with van der Waals surface area (Å²) in [6.07, 6.45) is -12.7. The summed E-state index contributed by atoms with van der Waals surface area (Å²) in [7, 11) is 0. The molecule has 3 nitrogen and oxygen atoms in total. The average Bonchev–Trinajstić information content (AvgIpc) is 2.36. The fourth-order valence-corrected chi connectivity index (χ4v) is 1.50. The van der Waals surface area contributed by atoms with Crippen molar-refractivity contribution in [1.29, 1.82) is 5.26 Å². The van der Waals surface area contributed by atoms with Gasteiger partial charge in [-0.25, -0.2) is 17.6 Å². The van der Waals surface area contributed by atoms with Gasteiger partial charge in [-0.15, -0.1) is 0 Å². The van der Waals surface area contributed by atoms with Crippen LogP contribution in [0.4, 0.5) is 30.7 Å². The van der Waals surface area contributed by atoms with Crippen LogP contribution in [-0.4, -0.2) is 22.5 Å². The molecule has 11 heteroatoms. The minimum atomic E-state index is -5.20. The van der Waals surface area contributed by atoms with Crippen molar-refractivity contribution < 1.29 is 58.0 Å². The van der Waals surface area contributed by atoms with E-state index in [1.807, 2.05) is 0 Å². The molecule has 127 valence electrons.